The summed E-state index contributed by atoms with van der Waals surface area (Å²) in [6.07, 6.45) is 1.62. The van der Waals surface area contributed by atoms with Crippen molar-refractivity contribution in [1.29, 1.82) is 0 Å². The van der Waals surface area contributed by atoms with E-state index < -0.39 is 10.1 Å². The summed E-state index contributed by atoms with van der Waals surface area (Å²) in [5.74, 6) is 0. The Balaban J connectivity index is 0.00000112. The number of benzene rings is 1. The van der Waals surface area contributed by atoms with Crippen LogP contribution >= 0.6 is 12.4 Å². The van der Waals surface area contributed by atoms with Crippen LogP contribution in [0.2, 0.25) is 0 Å². The Kier molecular flexibility index (Phi) is 3.28. The molecule has 0 aliphatic heterocycles. The van der Waals surface area contributed by atoms with E-state index in [1.807, 2.05) is 0 Å². The van der Waals surface area contributed by atoms with Crippen molar-refractivity contribution in [3.05, 3.63) is 36.5 Å². The van der Waals surface area contributed by atoms with Crippen LogP contribution in [0.25, 0.3) is 10.9 Å². The van der Waals surface area contributed by atoms with E-state index in [2.05, 4.69) is 4.98 Å². The quantitative estimate of drug-likeness (QED) is 0.780. The van der Waals surface area contributed by atoms with Gasteiger partial charge >= 0.3 is 0 Å². The molecule has 0 radical (unpaired) electrons. The molecule has 1 aromatic heterocycles. The minimum Gasteiger partial charge on any atom is -0.282 e. The van der Waals surface area contributed by atoms with Crippen molar-refractivity contribution in [2.75, 3.05) is 0 Å². The highest BCUT2D eigenvalue weighted by Gasteiger charge is 2.09. The zero-order valence-electron chi connectivity index (χ0n) is 7.49. The van der Waals surface area contributed by atoms with Crippen LogP contribution in [0.15, 0.2) is 41.4 Å². The molecule has 0 amide bonds. The fraction of sp³-hybridized carbons (Fsp3) is 0. The molecule has 1 N–H and O–H groups in total. The second kappa shape index (κ2) is 4.14. The zero-order valence-corrected chi connectivity index (χ0v) is 9.12. The van der Waals surface area contributed by atoms with Crippen molar-refractivity contribution in [2.24, 2.45) is 0 Å². The third-order valence-corrected chi connectivity index (χ3v) is 2.72. The molecule has 0 saturated carbocycles. The standard InChI is InChI=1S/C9H7NO3S.ClH/c11-14(12,13)8-3-4-9-7(6-8)2-1-5-10-9;/h1-6H,(H,11,12,13);1H. The van der Waals surface area contributed by atoms with E-state index in [0.29, 0.717) is 10.9 Å². The van der Waals surface area contributed by atoms with Gasteiger partial charge in [0.15, 0.2) is 0 Å². The molecule has 2 rings (SSSR count). The van der Waals surface area contributed by atoms with Gasteiger partial charge in [-0.1, -0.05) is 6.07 Å². The SMILES string of the molecule is Cl.O=S(=O)(O)c1ccc2ncccc2c1. The van der Waals surface area contributed by atoms with E-state index in [9.17, 15) is 8.42 Å². The summed E-state index contributed by atoms with van der Waals surface area (Å²) >= 11 is 0. The lowest BCUT2D eigenvalue weighted by molar-refractivity contribution is 0.483. The highest BCUT2D eigenvalue weighted by atomic mass is 35.5. The summed E-state index contributed by atoms with van der Waals surface area (Å²) in [6, 6.07) is 7.70. The summed E-state index contributed by atoms with van der Waals surface area (Å²) in [7, 11) is -4.12. The maximum absolute atomic E-state index is 10.8. The Morgan fingerprint density at radius 3 is 2.60 bits per heavy atom. The lowest BCUT2D eigenvalue weighted by Gasteiger charge is -1.99. The van der Waals surface area contributed by atoms with Crippen LogP contribution in [-0.4, -0.2) is 18.0 Å². The molecular weight excluding hydrogens is 238 g/mol. The summed E-state index contributed by atoms with van der Waals surface area (Å²) < 4.78 is 30.4. The minimum absolute atomic E-state index is 0. The molecule has 0 bridgehead atoms. The van der Waals surface area contributed by atoms with Gasteiger partial charge in [-0.25, -0.2) is 0 Å². The number of fused-ring (bicyclic) bond motifs is 1. The Morgan fingerprint density at radius 2 is 1.93 bits per heavy atom. The lowest BCUT2D eigenvalue weighted by Crippen LogP contribution is -1.97. The Morgan fingerprint density at radius 1 is 1.20 bits per heavy atom. The van der Waals surface area contributed by atoms with Crippen molar-refractivity contribution in [3.8, 4) is 0 Å². The van der Waals surface area contributed by atoms with Crippen LogP contribution in [0.4, 0.5) is 0 Å². The van der Waals surface area contributed by atoms with Crippen molar-refractivity contribution in [3.63, 3.8) is 0 Å². The van der Waals surface area contributed by atoms with Crippen molar-refractivity contribution < 1.29 is 13.0 Å². The number of hydrogen-bond acceptors (Lipinski definition) is 3. The molecule has 0 aliphatic carbocycles. The first-order valence-electron chi connectivity index (χ1n) is 3.90. The first-order chi connectivity index (χ1) is 6.57. The van der Waals surface area contributed by atoms with E-state index in [-0.39, 0.29) is 17.3 Å². The van der Waals surface area contributed by atoms with Crippen LogP contribution < -0.4 is 0 Å². The molecular formula is C9H8ClNO3S. The predicted octanol–water partition coefficient (Wildman–Crippen LogP) is 1.90. The number of halogens is 1. The average molecular weight is 246 g/mol. The minimum atomic E-state index is -4.12. The Hall–Kier alpha value is -1.17. The summed E-state index contributed by atoms with van der Waals surface area (Å²) in [6.45, 7) is 0. The molecule has 15 heavy (non-hydrogen) atoms. The third kappa shape index (κ3) is 2.44. The molecule has 0 spiro atoms. The number of nitrogens with zero attached hydrogens (tertiary/aromatic N) is 1. The van der Waals surface area contributed by atoms with Gasteiger partial charge in [-0.15, -0.1) is 12.4 Å². The molecule has 6 heteroatoms. The van der Waals surface area contributed by atoms with Crippen molar-refractivity contribution >= 4 is 33.4 Å². The molecule has 0 atom stereocenters. The second-order valence-electron chi connectivity index (χ2n) is 2.83. The maximum atomic E-state index is 10.8. The highest BCUT2D eigenvalue weighted by Crippen LogP contribution is 2.16. The van der Waals surface area contributed by atoms with E-state index in [4.69, 9.17) is 4.55 Å². The molecule has 0 saturated heterocycles. The first-order valence-corrected chi connectivity index (χ1v) is 5.34. The Labute approximate surface area is 93.1 Å². The summed E-state index contributed by atoms with van der Waals surface area (Å²) in [5.41, 5.74) is 0.694. The molecule has 1 heterocycles. The number of pyridine rings is 1. The largest absolute Gasteiger partial charge is 0.294 e. The topological polar surface area (TPSA) is 67.3 Å². The van der Waals surface area contributed by atoms with Gasteiger partial charge in [0.2, 0.25) is 0 Å². The van der Waals surface area contributed by atoms with Gasteiger partial charge in [0, 0.05) is 11.6 Å². The summed E-state index contributed by atoms with van der Waals surface area (Å²) in [5, 5.41) is 0.683. The second-order valence-corrected chi connectivity index (χ2v) is 4.25. The van der Waals surface area contributed by atoms with E-state index in [0.717, 1.165) is 0 Å². The maximum Gasteiger partial charge on any atom is 0.294 e. The van der Waals surface area contributed by atoms with Gasteiger partial charge in [-0.2, -0.15) is 8.42 Å². The lowest BCUT2D eigenvalue weighted by atomic mass is 10.2. The molecule has 2 aromatic rings. The fourth-order valence-electron chi connectivity index (χ4n) is 1.21. The predicted molar refractivity (Wildman–Crippen MR) is 58.8 cm³/mol. The molecule has 0 aliphatic rings. The van der Waals surface area contributed by atoms with Crippen LogP contribution in [-0.2, 0) is 10.1 Å². The van der Waals surface area contributed by atoms with Crippen LogP contribution in [0.3, 0.4) is 0 Å². The fourth-order valence-corrected chi connectivity index (χ4v) is 1.73. The van der Waals surface area contributed by atoms with Crippen molar-refractivity contribution in [1.82, 2.24) is 4.98 Å². The van der Waals surface area contributed by atoms with Gasteiger partial charge in [0.1, 0.15) is 0 Å². The normalized spacial score (nSPS) is 11.0. The van der Waals surface area contributed by atoms with Gasteiger partial charge in [-0.05, 0) is 24.3 Å². The molecule has 4 nitrogen and oxygen atoms in total. The number of rotatable bonds is 1. The van der Waals surface area contributed by atoms with Gasteiger partial charge in [0.25, 0.3) is 10.1 Å². The van der Waals surface area contributed by atoms with Crippen LogP contribution in [0.1, 0.15) is 0 Å². The smallest absolute Gasteiger partial charge is 0.282 e. The van der Waals surface area contributed by atoms with E-state index >= 15 is 0 Å². The van der Waals surface area contributed by atoms with Gasteiger partial charge < -0.3 is 0 Å². The van der Waals surface area contributed by atoms with E-state index in [1.165, 1.54) is 12.1 Å². The zero-order chi connectivity index (χ0) is 10.2. The molecule has 0 unspecified atom stereocenters. The average Bonchev–Trinajstić information content (AvgIpc) is 2.16. The van der Waals surface area contributed by atoms with Crippen LogP contribution in [0, 0.1) is 0 Å². The van der Waals surface area contributed by atoms with Crippen LogP contribution in [0.5, 0.6) is 0 Å². The van der Waals surface area contributed by atoms with Crippen molar-refractivity contribution in [2.45, 2.75) is 4.90 Å². The number of aromatic nitrogens is 1. The summed E-state index contributed by atoms with van der Waals surface area (Å²) in [4.78, 5) is 3.91. The van der Waals surface area contributed by atoms with Gasteiger partial charge in [-0.3, -0.25) is 9.54 Å². The van der Waals surface area contributed by atoms with Gasteiger partial charge in [0.05, 0.1) is 10.4 Å². The first kappa shape index (κ1) is 11.9. The van der Waals surface area contributed by atoms with E-state index in [1.54, 1.807) is 24.4 Å². The molecule has 80 valence electrons. The highest BCUT2D eigenvalue weighted by molar-refractivity contribution is 7.85. The molecule has 0 fully saturated rings. The monoisotopic (exact) mass is 245 g/mol. The third-order valence-electron chi connectivity index (χ3n) is 1.87. The Bertz CT molecular complexity index is 583. The number of hydrogen-bond donors (Lipinski definition) is 1. The molecule has 1 aromatic carbocycles.